The second kappa shape index (κ2) is 8.04. The Kier molecular flexibility index (Phi) is 6.07. The average molecular weight is 337 g/mol. The summed E-state index contributed by atoms with van der Waals surface area (Å²) in [7, 11) is 0. The van der Waals surface area contributed by atoms with Crippen LogP contribution in [0.15, 0.2) is 48.8 Å². The van der Waals surface area contributed by atoms with Crippen molar-refractivity contribution in [1.82, 2.24) is 10.3 Å². The van der Waals surface area contributed by atoms with Gasteiger partial charge in [-0.05, 0) is 35.7 Å². The van der Waals surface area contributed by atoms with Crippen molar-refractivity contribution in [2.24, 2.45) is 0 Å². The number of nitrogens with zero attached hydrogens (tertiary/aromatic N) is 1. The number of hydrogen-bond acceptors (Lipinski definition) is 3. The number of aliphatic hydroxyl groups excluding tert-OH is 1. The largest absolute Gasteiger partial charge is 0.386 e. The van der Waals surface area contributed by atoms with Crippen LogP contribution in [-0.2, 0) is 4.79 Å². The molecular formula is C17H18ClFN2O2. The third-order valence-electron chi connectivity index (χ3n) is 3.50. The Morgan fingerprint density at radius 3 is 2.30 bits per heavy atom. The van der Waals surface area contributed by atoms with Gasteiger partial charge in [0.25, 0.3) is 0 Å². The monoisotopic (exact) mass is 336 g/mol. The quantitative estimate of drug-likeness (QED) is 0.797. The summed E-state index contributed by atoms with van der Waals surface area (Å²) in [6.07, 6.45) is 2.24. The van der Waals surface area contributed by atoms with Crippen molar-refractivity contribution >= 4 is 17.5 Å². The molecule has 0 aliphatic heterocycles. The van der Waals surface area contributed by atoms with Gasteiger partial charge in [-0.2, -0.15) is 0 Å². The molecule has 1 aromatic heterocycles. The van der Waals surface area contributed by atoms with E-state index in [0.29, 0.717) is 5.56 Å². The molecule has 1 aromatic carbocycles. The van der Waals surface area contributed by atoms with E-state index in [2.05, 4.69) is 10.3 Å². The van der Waals surface area contributed by atoms with Crippen LogP contribution in [-0.4, -0.2) is 34.1 Å². The van der Waals surface area contributed by atoms with Gasteiger partial charge >= 0.3 is 0 Å². The molecule has 2 aromatic rings. The maximum atomic E-state index is 13.1. The molecule has 0 saturated heterocycles. The number of carbonyl (C=O) groups excluding carboxylic acids is 1. The number of carbonyl (C=O) groups is 1. The van der Waals surface area contributed by atoms with E-state index in [9.17, 15) is 14.3 Å². The fourth-order valence-corrected chi connectivity index (χ4v) is 2.21. The Hall–Kier alpha value is -1.98. The predicted molar refractivity (Wildman–Crippen MR) is 87.9 cm³/mol. The molecular weight excluding hydrogens is 319 g/mol. The summed E-state index contributed by atoms with van der Waals surface area (Å²) in [5.41, 5.74) is 2.47. The molecule has 0 aliphatic carbocycles. The zero-order chi connectivity index (χ0) is 16.8. The highest BCUT2D eigenvalue weighted by Gasteiger charge is 2.24. The lowest BCUT2D eigenvalue weighted by molar-refractivity contribution is -0.122. The molecule has 3 unspecified atom stereocenters. The minimum Gasteiger partial charge on any atom is -0.386 e. The number of amides is 1. The van der Waals surface area contributed by atoms with E-state index in [0.717, 1.165) is 11.1 Å². The molecule has 1 amide bonds. The third kappa shape index (κ3) is 4.50. The van der Waals surface area contributed by atoms with Crippen molar-refractivity contribution in [2.75, 3.05) is 6.67 Å². The lowest BCUT2D eigenvalue weighted by Gasteiger charge is -2.22. The van der Waals surface area contributed by atoms with E-state index in [1.807, 2.05) is 24.3 Å². The summed E-state index contributed by atoms with van der Waals surface area (Å²) in [5, 5.41) is 11.9. The van der Waals surface area contributed by atoms with E-state index < -0.39 is 30.1 Å². The highest BCUT2D eigenvalue weighted by atomic mass is 35.5. The SMILES string of the molecule is CC(Cl)C(=O)NC(CF)C(O)c1ccc(-c2ccncc2)cc1. The highest BCUT2D eigenvalue weighted by Crippen LogP contribution is 2.23. The number of halogens is 2. The molecule has 23 heavy (non-hydrogen) atoms. The van der Waals surface area contributed by atoms with Crippen molar-refractivity contribution in [2.45, 2.75) is 24.4 Å². The molecule has 2 N–H and O–H groups in total. The van der Waals surface area contributed by atoms with Crippen LogP contribution in [0.1, 0.15) is 18.6 Å². The maximum Gasteiger partial charge on any atom is 0.238 e. The number of alkyl halides is 2. The standard InChI is InChI=1S/C17H18ClFN2O2/c1-11(18)17(23)21-15(10-19)16(22)14-4-2-12(3-5-14)13-6-8-20-9-7-13/h2-9,11,15-16,22H,10H2,1H3,(H,21,23). The van der Waals surface area contributed by atoms with E-state index in [-0.39, 0.29) is 0 Å². The second-order valence-electron chi connectivity index (χ2n) is 5.19. The topological polar surface area (TPSA) is 62.2 Å². The van der Waals surface area contributed by atoms with Crippen molar-refractivity contribution < 1.29 is 14.3 Å². The van der Waals surface area contributed by atoms with Crippen LogP contribution in [0.2, 0.25) is 0 Å². The molecule has 122 valence electrons. The molecule has 0 bridgehead atoms. The van der Waals surface area contributed by atoms with E-state index in [1.54, 1.807) is 24.5 Å². The van der Waals surface area contributed by atoms with Gasteiger partial charge in [0.2, 0.25) is 5.91 Å². The van der Waals surface area contributed by atoms with Gasteiger partial charge in [0, 0.05) is 12.4 Å². The third-order valence-corrected chi connectivity index (χ3v) is 3.70. The molecule has 1 heterocycles. The van der Waals surface area contributed by atoms with Gasteiger partial charge in [-0.25, -0.2) is 4.39 Å². The van der Waals surface area contributed by atoms with E-state index >= 15 is 0 Å². The van der Waals surface area contributed by atoms with Gasteiger partial charge in [-0.15, -0.1) is 11.6 Å². The summed E-state index contributed by atoms with van der Waals surface area (Å²) in [4.78, 5) is 15.5. The number of aliphatic hydroxyl groups is 1. The summed E-state index contributed by atoms with van der Waals surface area (Å²) in [6, 6.07) is 9.79. The van der Waals surface area contributed by atoms with Crippen LogP contribution in [0.5, 0.6) is 0 Å². The first kappa shape index (κ1) is 17.4. The molecule has 0 spiro atoms. The Bertz CT molecular complexity index is 635. The number of aromatic nitrogens is 1. The fourth-order valence-electron chi connectivity index (χ4n) is 2.15. The summed E-state index contributed by atoms with van der Waals surface area (Å²) >= 11 is 5.65. The first-order valence-corrected chi connectivity index (χ1v) is 7.65. The van der Waals surface area contributed by atoms with Crippen LogP contribution >= 0.6 is 11.6 Å². The minimum atomic E-state index is -1.15. The molecule has 4 nitrogen and oxygen atoms in total. The molecule has 0 radical (unpaired) electrons. The Labute approximate surface area is 139 Å². The van der Waals surface area contributed by atoms with Crippen LogP contribution in [0.25, 0.3) is 11.1 Å². The van der Waals surface area contributed by atoms with Crippen LogP contribution < -0.4 is 5.32 Å². The Morgan fingerprint density at radius 1 is 1.22 bits per heavy atom. The van der Waals surface area contributed by atoms with Crippen LogP contribution in [0, 0.1) is 0 Å². The molecule has 2 rings (SSSR count). The van der Waals surface area contributed by atoms with Gasteiger partial charge in [-0.3, -0.25) is 9.78 Å². The molecule has 0 saturated carbocycles. The van der Waals surface area contributed by atoms with Gasteiger partial charge < -0.3 is 10.4 Å². The lowest BCUT2D eigenvalue weighted by atomic mass is 9.99. The number of pyridine rings is 1. The van der Waals surface area contributed by atoms with Crippen molar-refractivity contribution in [3.63, 3.8) is 0 Å². The zero-order valence-electron chi connectivity index (χ0n) is 12.6. The normalized spacial score (nSPS) is 14.8. The first-order chi connectivity index (χ1) is 11.0. The van der Waals surface area contributed by atoms with Gasteiger partial charge in [0.1, 0.15) is 18.2 Å². The minimum absolute atomic E-state index is 0.512. The number of hydrogen-bond donors (Lipinski definition) is 2. The Morgan fingerprint density at radius 2 is 1.78 bits per heavy atom. The lowest BCUT2D eigenvalue weighted by Crippen LogP contribution is -2.43. The number of nitrogens with one attached hydrogen (secondary N) is 1. The van der Waals surface area contributed by atoms with E-state index in [4.69, 9.17) is 11.6 Å². The first-order valence-electron chi connectivity index (χ1n) is 7.21. The number of rotatable bonds is 6. The van der Waals surface area contributed by atoms with Crippen molar-refractivity contribution in [3.05, 3.63) is 54.4 Å². The predicted octanol–water partition coefficient (Wildman–Crippen LogP) is 2.86. The van der Waals surface area contributed by atoms with Gasteiger partial charge in [0.05, 0.1) is 6.04 Å². The van der Waals surface area contributed by atoms with Crippen LogP contribution in [0.4, 0.5) is 4.39 Å². The molecule has 3 atom stereocenters. The summed E-state index contributed by atoms with van der Waals surface area (Å²) in [6.45, 7) is 0.602. The molecule has 6 heteroatoms. The van der Waals surface area contributed by atoms with Crippen molar-refractivity contribution in [1.29, 1.82) is 0 Å². The summed E-state index contributed by atoms with van der Waals surface area (Å²) < 4.78 is 13.1. The smallest absolute Gasteiger partial charge is 0.238 e. The van der Waals surface area contributed by atoms with Gasteiger partial charge in [-0.1, -0.05) is 24.3 Å². The molecule has 0 aliphatic rings. The van der Waals surface area contributed by atoms with Crippen molar-refractivity contribution in [3.8, 4) is 11.1 Å². The Balaban J connectivity index is 2.12. The number of benzene rings is 1. The van der Waals surface area contributed by atoms with Gasteiger partial charge in [0.15, 0.2) is 0 Å². The molecule has 0 fully saturated rings. The second-order valence-corrected chi connectivity index (χ2v) is 5.84. The zero-order valence-corrected chi connectivity index (χ0v) is 13.4. The van der Waals surface area contributed by atoms with E-state index in [1.165, 1.54) is 6.92 Å². The highest BCUT2D eigenvalue weighted by molar-refractivity contribution is 6.30. The van der Waals surface area contributed by atoms with Crippen LogP contribution in [0.3, 0.4) is 0 Å². The fraction of sp³-hybridized carbons (Fsp3) is 0.294. The average Bonchev–Trinajstić information content (AvgIpc) is 2.59. The maximum absolute atomic E-state index is 13.1. The summed E-state index contributed by atoms with van der Waals surface area (Å²) in [5.74, 6) is -0.512.